The number of nitrogens with zero attached hydrogens (tertiary/aromatic N) is 2. The fourth-order valence-electron chi connectivity index (χ4n) is 2.03. The molecule has 0 amide bonds. The largest absolute Gasteiger partial charge is 0.493 e. The molecular weight excluding hydrogens is 344 g/mol. The van der Waals surface area contributed by atoms with Gasteiger partial charge < -0.3 is 9.84 Å². The van der Waals surface area contributed by atoms with Gasteiger partial charge in [0.2, 0.25) is 0 Å². The lowest BCUT2D eigenvalue weighted by Gasteiger charge is -2.18. The summed E-state index contributed by atoms with van der Waals surface area (Å²) in [5.74, 6) is 0.560. The number of hydrogen-bond donors (Lipinski definition) is 1. The van der Waals surface area contributed by atoms with Crippen LogP contribution in [0.2, 0.25) is 5.02 Å². The van der Waals surface area contributed by atoms with E-state index in [2.05, 4.69) is 21.0 Å². The van der Waals surface area contributed by atoms with Crippen molar-refractivity contribution in [2.75, 3.05) is 7.11 Å². The fraction of sp³-hybridized carbons (Fsp3) is 0.357. The zero-order valence-corrected chi connectivity index (χ0v) is 13.8. The van der Waals surface area contributed by atoms with Crippen molar-refractivity contribution in [1.29, 1.82) is 0 Å². The number of benzene rings is 1. The van der Waals surface area contributed by atoms with Crippen LogP contribution in [0, 0.1) is 0 Å². The minimum Gasteiger partial charge on any atom is -0.493 e. The highest BCUT2D eigenvalue weighted by Crippen LogP contribution is 2.34. The summed E-state index contributed by atoms with van der Waals surface area (Å²) in [5, 5.41) is 15.4. The third kappa shape index (κ3) is 2.85. The molecule has 0 spiro atoms. The molecule has 1 aromatic carbocycles. The summed E-state index contributed by atoms with van der Waals surface area (Å²) >= 11 is 9.42. The topological polar surface area (TPSA) is 47.3 Å². The second-order valence-corrected chi connectivity index (χ2v) is 5.97. The van der Waals surface area contributed by atoms with E-state index in [1.165, 1.54) is 0 Å². The van der Waals surface area contributed by atoms with Gasteiger partial charge in [-0.05, 0) is 47.5 Å². The van der Waals surface area contributed by atoms with Crippen LogP contribution in [0.15, 0.2) is 28.9 Å². The molecule has 0 saturated heterocycles. The molecule has 4 nitrogen and oxygen atoms in total. The molecule has 1 heterocycles. The van der Waals surface area contributed by atoms with Gasteiger partial charge in [0.15, 0.2) is 5.75 Å². The Labute approximate surface area is 131 Å². The average Bonchev–Trinajstić information content (AvgIpc) is 2.85. The van der Waals surface area contributed by atoms with E-state index in [-0.39, 0.29) is 6.04 Å². The molecule has 1 atom stereocenters. The molecule has 1 N–H and O–H groups in total. The third-order valence-electron chi connectivity index (χ3n) is 3.03. The van der Waals surface area contributed by atoms with Crippen molar-refractivity contribution < 1.29 is 9.84 Å². The van der Waals surface area contributed by atoms with Crippen molar-refractivity contribution in [2.45, 2.75) is 26.0 Å². The van der Waals surface area contributed by atoms with Crippen LogP contribution in [0.1, 0.15) is 37.3 Å². The Morgan fingerprint density at radius 2 is 2.10 bits per heavy atom. The summed E-state index contributed by atoms with van der Waals surface area (Å²) in [6.07, 6.45) is 0.763. The number of aliphatic hydroxyl groups is 1. The van der Waals surface area contributed by atoms with Crippen LogP contribution >= 0.6 is 27.5 Å². The molecule has 1 unspecified atom stereocenters. The van der Waals surface area contributed by atoms with Gasteiger partial charge in [-0.3, -0.25) is 4.68 Å². The van der Waals surface area contributed by atoms with Crippen molar-refractivity contribution in [3.63, 3.8) is 0 Å². The quantitative estimate of drug-likeness (QED) is 0.898. The summed E-state index contributed by atoms with van der Waals surface area (Å²) in [6, 6.07) is 5.48. The fourth-order valence-corrected chi connectivity index (χ4v) is 2.46. The van der Waals surface area contributed by atoms with Crippen molar-refractivity contribution >= 4 is 27.5 Å². The number of hydrogen-bond acceptors (Lipinski definition) is 3. The minimum absolute atomic E-state index is 0.120. The Bertz CT molecular complexity index is 613. The van der Waals surface area contributed by atoms with Crippen LogP contribution in [-0.2, 0) is 0 Å². The summed E-state index contributed by atoms with van der Waals surface area (Å²) in [4.78, 5) is 0. The first kappa shape index (κ1) is 15.4. The lowest BCUT2D eigenvalue weighted by Crippen LogP contribution is -2.13. The monoisotopic (exact) mass is 358 g/mol. The SMILES string of the molecule is COc1cnn(C(C)C)c1C(O)c1ccc(Br)c(Cl)c1. The number of ether oxygens (including phenoxy) is 1. The van der Waals surface area contributed by atoms with Gasteiger partial charge in [0.1, 0.15) is 11.8 Å². The summed E-state index contributed by atoms with van der Waals surface area (Å²) < 4.78 is 7.83. The van der Waals surface area contributed by atoms with Gasteiger partial charge in [0.25, 0.3) is 0 Å². The molecule has 2 rings (SSSR count). The van der Waals surface area contributed by atoms with E-state index in [1.54, 1.807) is 24.1 Å². The molecule has 108 valence electrons. The predicted molar refractivity (Wildman–Crippen MR) is 82.4 cm³/mol. The second kappa shape index (κ2) is 6.16. The van der Waals surface area contributed by atoms with Gasteiger partial charge in [-0.15, -0.1) is 0 Å². The highest BCUT2D eigenvalue weighted by molar-refractivity contribution is 9.10. The molecule has 0 aliphatic rings. The minimum atomic E-state index is -0.847. The van der Waals surface area contributed by atoms with Crippen LogP contribution in [0.3, 0.4) is 0 Å². The number of halogens is 2. The van der Waals surface area contributed by atoms with Gasteiger partial charge in [-0.1, -0.05) is 17.7 Å². The molecule has 20 heavy (non-hydrogen) atoms. The molecule has 0 bridgehead atoms. The highest BCUT2D eigenvalue weighted by atomic mass is 79.9. The molecular formula is C14H16BrClN2O2. The molecule has 1 aromatic heterocycles. The normalized spacial score (nSPS) is 12.8. The third-order valence-corrected chi connectivity index (χ3v) is 4.26. The Morgan fingerprint density at radius 1 is 1.40 bits per heavy atom. The van der Waals surface area contributed by atoms with E-state index < -0.39 is 6.10 Å². The molecule has 6 heteroatoms. The Balaban J connectivity index is 2.49. The van der Waals surface area contributed by atoms with Crippen molar-refractivity contribution in [3.05, 3.63) is 45.1 Å². The highest BCUT2D eigenvalue weighted by Gasteiger charge is 2.23. The maximum atomic E-state index is 10.6. The molecule has 0 aliphatic carbocycles. The molecule has 0 saturated carbocycles. The lowest BCUT2D eigenvalue weighted by atomic mass is 10.1. The van der Waals surface area contributed by atoms with Crippen LogP contribution in [-0.4, -0.2) is 22.0 Å². The number of aliphatic hydroxyl groups excluding tert-OH is 1. The van der Waals surface area contributed by atoms with Crippen molar-refractivity contribution in [2.24, 2.45) is 0 Å². The molecule has 0 radical (unpaired) electrons. The summed E-state index contributed by atoms with van der Waals surface area (Å²) in [7, 11) is 1.56. The first-order valence-electron chi connectivity index (χ1n) is 6.20. The van der Waals surface area contributed by atoms with Crippen molar-refractivity contribution in [3.8, 4) is 5.75 Å². The van der Waals surface area contributed by atoms with E-state index in [0.29, 0.717) is 22.0 Å². The average molecular weight is 360 g/mol. The van der Waals surface area contributed by atoms with Crippen LogP contribution in [0.25, 0.3) is 0 Å². The summed E-state index contributed by atoms with van der Waals surface area (Å²) in [6.45, 7) is 3.99. The standard InChI is InChI=1S/C14H16BrClN2O2/c1-8(2)18-13(12(20-3)7-17-18)14(19)9-4-5-10(15)11(16)6-9/h4-8,14,19H,1-3H3. The van der Waals surface area contributed by atoms with Gasteiger partial charge in [0.05, 0.1) is 18.3 Å². The Kier molecular flexibility index (Phi) is 4.73. The maximum absolute atomic E-state index is 10.6. The van der Waals surface area contributed by atoms with Crippen LogP contribution in [0.5, 0.6) is 5.75 Å². The van der Waals surface area contributed by atoms with Crippen LogP contribution < -0.4 is 4.74 Å². The number of aromatic nitrogens is 2. The zero-order valence-electron chi connectivity index (χ0n) is 11.5. The van der Waals surface area contributed by atoms with Gasteiger partial charge in [-0.25, -0.2) is 0 Å². The van der Waals surface area contributed by atoms with Crippen LogP contribution in [0.4, 0.5) is 0 Å². The molecule has 0 fully saturated rings. The van der Waals surface area contributed by atoms with E-state index in [9.17, 15) is 5.11 Å². The zero-order chi connectivity index (χ0) is 14.9. The van der Waals surface area contributed by atoms with E-state index in [1.807, 2.05) is 26.0 Å². The summed E-state index contributed by atoms with van der Waals surface area (Å²) in [5.41, 5.74) is 1.32. The molecule has 0 aliphatic heterocycles. The smallest absolute Gasteiger partial charge is 0.163 e. The number of methoxy groups -OCH3 is 1. The Morgan fingerprint density at radius 3 is 2.65 bits per heavy atom. The van der Waals surface area contributed by atoms with Crippen molar-refractivity contribution in [1.82, 2.24) is 9.78 Å². The lowest BCUT2D eigenvalue weighted by molar-refractivity contribution is 0.199. The van der Waals surface area contributed by atoms with Gasteiger partial charge in [0, 0.05) is 10.5 Å². The van der Waals surface area contributed by atoms with Gasteiger partial charge in [-0.2, -0.15) is 5.10 Å². The number of rotatable bonds is 4. The first-order valence-corrected chi connectivity index (χ1v) is 7.37. The van der Waals surface area contributed by atoms with E-state index in [4.69, 9.17) is 16.3 Å². The van der Waals surface area contributed by atoms with E-state index >= 15 is 0 Å². The maximum Gasteiger partial charge on any atom is 0.163 e. The van der Waals surface area contributed by atoms with E-state index in [0.717, 1.165) is 4.47 Å². The molecule has 2 aromatic rings. The second-order valence-electron chi connectivity index (χ2n) is 4.71. The van der Waals surface area contributed by atoms with Gasteiger partial charge >= 0.3 is 0 Å². The Hall–Kier alpha value is -1.04. The predicted octanol–water partition coefficient (Wildman–Crippen LogP) is 3.97. The first-order chi connectivity index (χ1) is 9.45.